The summed E-state index contributed by atoms with van der Waals surface area (Å²) in [7, 11) is 0. The molecule has 0 aliphatic carbocycles. The number of hydrogen-bond donors (Lipinski definition) is 1. The maximum atomic E-state index is 5.21. The largest absolute Gasteiger partial charge is 0.361 e. The van der Waals surface area contributed by atoms with Gasteiger partial charge in [0, 0.05) is 31.6 Å². The predicted octanol–water partition coefficient (Wildman–Crippen LogP) is 1.74. The smallest absolute Gasteiger partial charge is 0.223 e. The number of aryl methyl sites for hydroxylation is 3. The molecule has 0 spiro atoms. The molecule has 1 aliphatic rings. The summed E-state index contributed by atoms with van der Waals surface area (Å²) in [5, 5.41) is 11.6. The number of nitrogens with zero attached hydrogens (tertiary/aromatic N) is 4. The Morgan fingerprint density at radius 2 is 2.09 bits per heavy atom. The van der Waals surface area contributed by atoms with Crippen molar-refractivity contribution in [3.8, 4) is 0 Å². The molecule has 3 rings (SSSR count). The van der Waals surface area contributed by atoms with Crippen molar-refractivity contribution in [2.75, 3.05) is 13.1 Å². The molecular formula is C15H23N5O2. The number of likely N-dealkylation sites (tertiary alicyclic amines) is 1. The van der Waals surface area contributed by atoms with Crippen molar-refractivity contribution in [2.24, 2.45) is 0 Å². The van der Waals surface area contributed by atoms with E-state index in [4.69, 9.17) is 9.05 Å². The third-order valence-electron chi connectivity index (χ3n) is 4.19. The second kappa shape index (κ2) is 6.58. The van der Waals surface area contributed by atoms with E-state index in [1.807, 2.05) is 20.8 Å². The summed E-state index contributed by atoms with van der Waals surface area (Å²) in [6, 6.07) is 0.468. The summed E-state index contributed by atoms with van der Waals surface area (Å²) in [5.74, 6) is 2.30. The van der Waals surface area contributed by atoms with Crippen molar-refractivity contribution >= 4 is 0 Å². The van der Waals surface area contributed by atoms with Gasteiger partial charge in [0.05, 0.1) is 12.2 Å². The Labute approximate surface area is 130 Å². The number of piperidine rings is 1. The zero-order valence-electron chi connectivity index (χ0n) is 13.4. The normalized spacial score (nSPS) is 19.7. The van der Waals surface area contributed by atoms with Crippen molar-refractivity contribution < 1.29 is 9.05 Å². The first-order chi connectivity index (χ1) is 10.6. The lowest BCUT2D eigenvalue weighted by atomic mass is 10.0. The van der Waals surface area contributed by atoms with Crippen LogP contribution in [0.4, 0.5) is 0 Å². The number of hydrogen-bond acceptors (Lipinski definition) is 7. The summed E-state index contributed by atoms with van der Waals surface area (Å²) < 4.78 is 10.2. The van der Waals surface area contributed by atoms with E-state index in [9.17, 15) is 0 Å². The average molecular weight is 305 g/mol. The van der Waals surface area contributed by atoms with Gasteiger partial charge < -0.3 is 14.4 Å². The van der Waals surface area contributed by atoms with Gasteiger partial charge in [0.2, 0.25) is 5.89 Å². The number of aromatic nitrogens is 3. The van der Waals surface area contributed by atoms with E-state index < -0.39 is 0 Å². The fourth-order valence-corrected chi connectivity index (χ4v) is 2.97. The molecule has 3 heterocycles. The second-order valence-corrected chi connectivity index (χ2v) is 5.99. The average Bonchev–Trinajstić information content (AvgIpc) is 3.04. The Bertz CT molecular complexity index is 602. The van der Waals surface area contributed by atoms with Crippen LogP contribution in [0.1, 0.15) is 41.6 Å². The first-order valence-electron chi connectivity index (χ1n) is 7.78. The van der Waals surface area contributed by atoms with Gasteiger partial charge in [0.25, 0.3) is 0 Å². The highest BCUT2D eigenvalue weighted by Gasteiger charge is 2.21. The Kier molecular flexibility index (Phi) is 4.54. The summed E-state index contributed by atoms with van der Waals surface area (Å²) >= 11 is 0. The van der Waals surface area contributed by atoms with Crippen LogP contribution in [0.3, 0.4) is 0 Å². The highest BCUT2D eigenvalue weighted by molar-refractivity contribution is 5.20. The fourth-order valence-electron chi connectivity index (χ4n) is 2.97. The first-order valence-corrected chi connectivity index (χ1v) is 7.78. The molecule has 0 aromatic carbocycles. The van der Waals surface area contributed by atoms with Gasteiger partial charge in [-0.15, -0.1) is 0 Å². The van der Waals surface area contributed by atoms with E-state index in [1.54, 1.807) is 0 Å². The SMILES string of the molecule is Cc1nc(CN2CCC[C@H](NCc3c(C)noc3C)C2)no1. The molecule has 0 bridgehead atoms. The van der Waals surface area contributed by atoms with Crippen molar-refractivity contribution in [3.05, 3.63) is 28.7 Å². The minimum Gasteiger partial charge on any atom is -0.361 e. The van der Waals surface area contributed by atoms with E-state index in [0.29, 0.717) is 11.9 Å². The van der Waals surface area contributed by atoms with Gasteiger partial charge in [0.1, 0.15) is 5.76 Å². The summed E-state index contributed by atoms with van der Waals surface area (Å²) in [6.45, 7) is 9.40. The minimum atomic E-state index is 0.468. The molecule has 22 heavy (non-hydrogen) atoms. The van der Waals surface area contributed by atoms with Crippen molar-refractivity contribution in [1.82, 2.24) is 25.5 Å². The van der Waals surface area contributed by atoms with Gasteiger partial charge in [0.15, 0.2) is 5.82 Å². The van der Waals surface area contributed by atoms with Crippen LogP contribution in [0.5, 0.6) is 0 Å². The van der Waals surface area contributed by atoms with Crippen molar-refractivity contribution in [3.63, 3.8) is 0 Å². The maximum Gasteiger partial charge on any atom is 0.223 e. The van der Waals surface area contributed by atoms with E-state index in [2.05, 4.69) is 25.5 Å². The molecular weight excluding hydrogens is 282 g/mol. The van der Waals surface area contributed by atoms with Gasteiger partial charge in [-0.05, 0) is 33.2 Å². The predicted molar refractivity (Wildman–Crippen MR) is 80.2 cm³/mol. The molecule has 1 saturated heterocycles. The second-order valence-electron chi connectivity index (χ2n) is 5.99. The fraction of sp³-hybridized carbons (Fsp3) is 0.667. The lowest BCUT2D eigenvalue weighted by Crippen LogP contribution is -2.45. The minimum absolute atomic E-state index is 0.468. The number of nitrogens with one attached hydrogen (secondary N) is 1. The molecule has 0 amide bonds. The standard InChI is InChI=1S/C15H23N5O2/c1-10-14(11(2)21-18-10)7-16-13-5-4-6-20(8-13)9-15-17-12(3)22-19-15/h13,16H,4-9H2,1-3H3/t13-/m0/s1. The Morgan fingerprint density at radius 3 is 2.77 bits per heavy atom. The van der Waals surface area contributed by atoms with Crippen LogP contribution in [0.25, 0.3) is 0 Å². The molecule has 0 saturated carbocycles. The zero-order chi connectivity index (χ0) is 15.5. The Morgan fingerprint density at radius 1 is 1.23 bits per heavy atom. The monoisotopic (exact) mass is 305 g/mol. The first kappa shape index (κ1) is 15.2. The molecule has 0 unspecified atom stereocenters. The van der Waals surface area contributed by atoms with E-state index in [0.717, 1.165) is 43.5 Å². The lowest BCUT2D eigenvalue weighted by Gasteiger charge is -2.32. The molecule has 7 heteroatoms. The molecule has 1 N–H and O–H groups in total. The Hall–Kier alpha value is -1.73. The molecule has 7 nitrogen and oxygen atoms in total. The van der Waals surface area contributed by atoms with Crippen LogP contribution in [0.2, 0.25) is 0 Å². The van der Waals surface area contributed by atoms with Crippen LogP contribution in [0.15, 0.2) is 9.05 Å². The summed E-state index contributed by atoms with van der Waals surface area (Å²) in [4.78, 5) is 6.65. The molecule has 0 radical (unpaired) electrons. The van der Waals surface area contributed by atoms with Crippen LogP contribution in [-0.4, -0.2) is 39.3 Å². The molecule has 2 aromatic heterocycles. The van der Waals surface area contributed by atoms with Crippen LogP contribution < -0.4 is 5.32 Å². The highest BCUT2D eigenvalue weighted by atomic mass is 16.5. The van der Waals surface area contributed by atoms with Crippen LogP contribution >= 0.6 is 0 Å². The number of rotatable bonds is 5. The van der Waals surface area contributed by atoms with E-state index in [1.165, 1.54) is 18.4 Å². The van der Waals surface area contributed by atoms with Gasteiger partial charge in [-0.3, -0.25) is 4.90 Å². The molecule has 1 atom stereocenters. The van der Waals surface area contributed by atoms with E-state index >= 15 is 0 Å². The van der Waals surface area contributed by atoms with Crippen molar-refractivity contribution in [1.29, 1.82) is 0 Å². The quantitative estimate of drug-likeness (QED) is 0.901. The van der Waals surface area contributed by atoms with Gasteiger partial charge in [-0.25, -0.2) is 0 Å². The maximum absolute atomic E-state index is 5.21. The molecule has 1 fully saturated rings. The highest BCUT2D eigenvalue weighted by Crippen LogP contribution is 2.15. The summed E-state index contributed by atoms with van der Waals surface area (Å²) in [6.07, 6.45) is 2.36. The molecule has 2 aromatic rings. The third-order valence-corrected chi connectivity index (χ3v) is 4.19. The molecule has 1 aliphatic heterocycles. The molecule has 120 valence electrons. The van der Waals surface area contributed by atoms with Crippen molar-refractivity contribution in [2.45, 2.75) is 52.7 Å². The van der Waals surface area contributed by atoms with Gasteiger partial charge in [-0.1, -0.05) is 10.3 Å². The van der Waals surface area contributed by atoms with Crippen LogP contribution in [0, 0.1) is 20.8 Å². The summed E-state index contributed by atoms with van der Waals surface area (Å²) in [5.41, 5.74) is 2.14. The topological polar surface area (TPSA) is 80.2 Å². The van der Waals surface area contributed by atoms with E-state index in [-0.39, 0.29) is 0 Å². The van der Waals surface area contributed by atoms with Gasteiger partial charge >= 0.3 is 0 Å². The van der Waals surface area contributed by atoms with Crippen LogP contribution in [-0.2, 0) is 13.1 Å². The zero-order valence-corrected chi connectivity index (χ0v) is 13.4. The Balaban J connectivity index is 1.52. The lowest BCUT2D eigenvalue weighted by molar-refractivity contribution is 0.177. The third kappa shape index (κ3) is 3.53. The van der Waals surface area contributed by atoms with Gasteiger partial charge in [-0.2, -0.15) is 4.98 Å².